The fourth-order valence-electron chi connectivity index (χ4n) is 4.17. The Balaban J connectivity index is 0.000000360. The average Bonchev–Trinajstić information content (AvgIpc) is 3.10. The van der Waals surface area contributed by atoms with Crippen LogP contribution in [0.15, 0.2) is 54.9 Å². The zero-order valence-corrected chi connectivity index (χ0v) is 17.0. The minimum atomic E-state index is -5.08. The molecule has 2 amide bonds. The van der Waals surface area contributed by atoms with E-state index in [-0.39, 0.29) is 23.3 Å². The molecule has 0 saturated carbocycles. The number of hydrogen-bond acceptors (Lipinski definition) is 4. The van der Waals surface area contributed by atoms with Crippen molar-refractivity contribution in [2.45, 2.75) is 36.9 Å². The second kappa shape index (κ2) is 9.37. The highest BCUT2D eigenvalue weighted by molar-refractivity contribution is 5.94. The molecule has 170 valence electrons. The molecule has 2 aliphatic rings. The van der Waals surface area contributed by atoms with Gasteiger partial charge in [0.1, 0.15) is 0 Å². The van der Waals surface area contributed by atoms with E-state index in [2.05, 4.69) is 10.3 Å². The highest BCUT2D eigenvalue weighted by Gasteiger charge is 2.49. The molecule has 4 rings (SSSR count). The molecule has 0 bridgehead atoms. The number of nitrogens with one attached hydrogen (secondary N) is 1. The number of likely N-dealkylation sites (tertiary alicyclic amines) is 1. The summed E-state index contributed by atoms with van der Waals surface area (Å²) in [5.74, 6) is -2.44. The van der Waals surface area contributed by atoms with Gasteiger partial charge in [-0.2, -0.15) is 13.2 Å². The van der Waals surface area contributed by atoms with E-state index in [9.17, 15) is 22.8 Å². The second-order valence-corrected chi connectivity index (χ2v) is 7.70. The van der Waals surface area contributed by atoms with Crippen LogP contribution in [0.25, 0.3) is 0 Å². The van der Waals surface area contributed by atoms with Gasteiger partial charge in [0.2, 0.25) is 5.91 Å². The number of aliphatic carboxylic acids is 1. The number of aromatic nitrogens is 1. The van der Waals surface area contributed by atoms with Gasteiger partial charge in [0.25, 0.3) is 5.91 Å². The van der Waals surface area contributed by atoms with Gasteiger partial charge in [-0.1, -0.05) is 18.2 Å². The number of halogens is 3. The molecule has 10 heteroatoms. The molecule has 2 N–H and O–H groups in total. The topological polar surface area (TPSA) is 99.6 Å². The SMILES string of the molecule is O=C(O)C(F)(F)F.O=C1CC(c2ccncc2)C2(CCN(C(=O)c3ccccc3)CC2)N1. The summed E-state index contributed by atoms with van der Waals surface area (Å²) in [4.78, 5) is 39.7. The predicted octanol–water partition coefficient (Wildman–Crippen LogP) is 2.99. The molecule has 2 saturated heterocycles. The van der Waals surface area contributed by atoms with Crippen molar-refractivity contribution in [3.63, 3.8) is 0 Å². The van der Waals surface area contributed by atoms with Crippen LogP contribution in [0.4, 0.5) is 13.2 Å². The molecule has 2 aromatic rings. The lowest BCUT2D eigenvalue weighted by molar-refractivity contribution is -0.192. The number of hydrogen-bond donors (Lipinski definition) is 2. The number of nitrogens with zero attached hydrogens (tertiary/aromatic N) is 2. The van der Waals surface area contributed by atoms with Crippen molar-refractivity contribution in [3.05, 3.63) is 66.0 Å². The van der Waals surface area contributed by atoms with Crippen LogP contribution < -0.4 is 5.32 Å². The van der Waals surface area contributed by atoms with Gasteiger partial charge >= 0.3 is 12.1 Å². The molecule has 1 aromatic heterocycles. The zero-order chi connectivity index (χ0) is 23.4. The number of carboxylic acids is 1. The minimum absolute atomic E-state index is 0.0697. The maximum Gasteiger partial charge on any atom is 0.490 e. The third kappa shape index (κ3) is 5.24. The molecule has 0 aliphatic carbocycles. The Kier molecular flexibility index (Phi) is 6.81. The second-order valence-electron chi connectivity index (χ2n) is 7.70. The van der Waals surface area contributed by atoms with Crippen LogP contribution in [-0.4, -0.2) is 57.6 Å². The van der Waals surface area contributed by atoms with Crippen LogP contribution in [0.2, 0.25) is 0 Å². The summed E-state index contributed by atoms with van der Waals surface area (Å²) in [5, 5.41) is 10.3. The lowest BCUT2D eigenvalue weighted by atomic mass is 9.74. The number of piperidine rings is 1. The Morgan fingerprint density at radius 2 is 1.62 bits per heavy atom. The number of pyridine rings is 1. The van der Waals surface area contributed by atoms with E-state index in [0.29, 0.717) is 19.5 Å². The number of carbonyl (C=O) groups excluding carboxylic acids is 2. The Labute approximate surface area is 182 Å². The van der Waals surface area contributed by atoms with Crippen molar-refractivity contribution in [2.24, 2.45) is 0 Å². The van der Waals surface area contributed by atoms with Crippen LogP contribution in [0.5, 0.6) is 0 Å². The first-order valence-electron chi connectivity index (χ1n) is 9.98. The lowest BCUT2D eigenvalue weighted by Crippen LogP contribution is -2.54. The van der Waals surface area contributed by atoms with Gasteiger partial charge in [-0.05, 0) is 42.7 Å². The molecule has 7 nitrogen and oxygen atoms in total. The van der Waals surface area contributed by atoms with E-state index in [0.717, 1.165) is 24.0 Å². The number of carbonyl (C=O) groups is 3. The standard InChI is InChI=1S/C20H21N3O2.C2HF3O2/c24-18-14-17(15-6-10-21-11-7-15)20(22-18)8-12-23(13-9-20)19(25)16-4-2-1-3-5-16;3-2(4,5)1(6)7/h1-7,10-11,17H,8-9,12-14H2,(H,22,24);(H,6,7). The smallest absolute Gasteiger partial charge is 0.475 e. The first kappa shape index (κ1) is 23.2. The molecule has 1 unspecified atom stereocenters. The van der Waals surface area contributed by atoms with Crippen LogP contribution in [0.1, 0.15) is 41.1 Å². The molecular formula is C22H22F3N3O4. The molecule has 2 aliphatic heterocycles. The average molecular weight is 449 g/mol. The lowest BCUT2D eigenvalue weighted by Gasteiger charge is -2.43. The van der Waals surface area contributed by atoms with E-state index >= 15 is 0 Å². The largest absolute Gasteiger partial charge is 0.490 e. The Hall–Kier alpha value is -3.43. The maximum absolute atomic E-state index is 12.6. The van der Waals surface area contributed by atoms with E-state index in [1.807, 2.05) is 47.4 Å². The Morgan fingerprint density at radius 1 is 1.06 bits per heavy atom. The summed E-state index contributed by atoms with van der Waals surface area (Å²) in [6.45, 7) is 1.32. The molecule has 0 radical (unpaired) electrons. The van der Waals surface area contributed by atoms with E-state index in [4.69, 9.17) is 9.90 Å². The molecule has 32 heavy (non-hydrogen) atoms. The fourth-order valence-corrected chi connectivity index (χ4v) is 4.17. The van der Waals surface area contributed by atoms with Gasteiger partial charge in [-0.25, -0.2) is 4.79 Å². The van der Waals surface area contributed by atoms with Gasteiger partial charge < -0.3 is 15.3 Å². The molecule has 1 atom stereocenters. The molecule has 3 heterocycles. The van der Waals surface area contributed by atoms with Crippen LogP contribution in [0.3, 0.4) is 0 Å². The summed E-state index contributed by atoms with van der Waals surface area (Å²) >= 11 is 0. The van der Waals surface area contributed by atoms with Crippen LogP contribution >= 0.6 is 0 Å². The quantitative estimate of drug-likeness (QED) is 0.735. The number of carboxylic acid groups (broad SMARTS) is 1. The van der Waals surface area contributed by atoms with Crippen molar-refractivity contribution in [2.75, 3.05) is 13.1 Å². The van der Waals surface area contributed by atoms with Gasteiger partial charge in [-0.15, -0.1) is 0 Å². The first-order valence-corrected chi connectivity index (χ1v) is 9.98. The molecule has 1 spiro atoms. The van der Waals surface area contributed by atoms with Crippen molar-refractivity contribution >= 4 is 17.8 Å². The van der Waals surface area contributed by atoms with Crippen molar-refractivity contribution < 1.29 is 32.7 Å². The normalized spacial score (nSPS) is 19.7. The predicted molar refractivity (Wildman–Crippen MR) is 108 cm³/mol. The van der Waals surface area contributed by atoms with E-state index in [1.54, 1.807) is 12.4 Å². The van der Waals surface area contributed by atoms with E-state index < -0.39 is 12.1 Å². The maximum atomic E-state index is 12.6. The highest BCUT2D eigenvalue weighted by Crippen LogP contribution is 2.43. The number of rotatable bonds is 2. The fraction of sp³-hybridized carbons (Fsp3) is 0.364. The molecule has 2 fully saturated rings. The van der Waals surface area contributed by atoms with E-state index in [1.165, 1.54) is 0 Å². The first-order chi connectivity index (χ1) is 15.1. The summed E-state index contributed by atoms with van der Waals surface area (Å²) in [7, 11) is 0. The summed E-state index contributed by atoms with van der Waals surface area (Å²) in [6, 6.07) is 13.4. The van der Waals surface area contributed by atoms with Gasteiger partial charge in [0.15, 0.2) is 0 Å². The minimum Gasteiger partial charge on any atom is -0.475 e. The van der Waals surface area contributed by atoms with Crippen molar-refractivity contribution in [1.29, 1.82) is 0 Å². The zero-order valence-electron chi connectivity index (χ0n) is 17.0. The molecule has 1 aromatic carbocycles. The third-order valence-corrected chi connectivity index (χ3v) is 5.76. The highest BCUT2D eigenvalue weighted by atomic mass is 19.4. The van der Waals surface area contributed by atoms with Crippen molar-refractivity contribution in [1.82, 2.24) is 15.2 Å². The number of alkyl halides is 3. The Morgan fingerprint density at radius 3 is 2.16 bits per heavy atom. The summed E-state index contributed by atoms with van der Waals surface area (Å²) in [5.41, 5.74) is 1.63. The van der Waals surface area contributed by atoms with Crippen LogP contribution in [-0.2, 0) is 9.59 Å². The summed E-state index contributed by atoms with van der Waals surface area (Å²) < 4.78 is 31.7. The third-order valence-electron chi connectivity index (χ3n) is 5.76. The van der Waals surface area contributed by atoms with Crippen LogP contribution in [0, 0.1) is 0 Å². The number of amides is 2. The van der Waals surface area contributed by atoms with Gasteiger partial charge in [0, 0.05) is 43.4 Å². The van der Waals surface area contributed by atoms with Crippen molar-refractivity contribution in [3.8, 4) is 0 Å². The van der Waals surface area contributed by atoms with Gasteiger partial charge in [-0.3, -0.25) is 14.6 Å². The summed E-state index contributed by atoms with van der Waals surface area (Å²) in [6.07, 6.45) is 0.547. The van der Waals surface area contributed by atoms with Gasteiger partial charge in [0.05, 0.1) is 5.54 Å². The molecular weight excluding hydrogens is 427 g/mol. The monoisotopic (exact) mass is 449 g/mol. The number of benzene rings is 1. The Bertz CT molecular complexity index is 959.